The van der Waals surface area contributed by atoms with Crippen LogP contribution in [0.4, 0.5) is 0 Å². The van der Waals surface area contributed by atoms with Crippen molar-refractivity contribution in [3.8, 4) is 0 Å². The molecule has 0 radical (unpaired) electrons. The van der Waals surface area contributed by atoms with Crippen LogP contribution in [0.3, 0.4) is 0 Å². The van der Waals surface area contributed by atoms with Gasteiger partial charge in [0.15, 0.2) is 0 Å². The highest BCUT2D eigenvalue weighted by Crippen LogP contribution is 2.16. The average molecular weight is 568 g/mol. The molecule has 0 aromatic heterocycles. The second kappa shape index (κ2) is 32.9. The van der Waals surface area contributed by atoms with Crippen molar-refractivity contribution in [1.29, 1.82) is 0 Å². The molecule has 4 nitrogen and oxygen atoms in total. The molecule has 0 aromatic carbocycles. The summed E-state index contributed by atoms with van der Waals surface area (Å²) in [5.41, 5.74) is 0. The van der Waals surface area contributed by atoms with Crippen LogP contribution >= 0.6 is 0 Å². The second-order valence-corrected chi connectivity index (χ2v) is 12.7. The Balaban J connectivity index is 3.23. The van der Waals surface area contributed by atoms with E-state index in [1.807, 2.05) is 6.92 Å². The quantitative estimate of drug-likeness (QED) is 0.0691. The van der Waals surface area contributed by atoms with Gasteiger partial charge in [-0.05, 0) is 12.8 Å². The van der Waals surface area contributed by atoms with Gasteiger partial charge in [-0.15, -0.1) is 0 Å². The molecule has 240 valence electrons. The van der Waals surface area contributed by atoms with Gasteiger partial charge in [0.2, 0.25) is 5.91 Å². The molecule has 0 heterocycles. The number of unbranched alkanes of at least 4 members (excludes halogenated alkanes) is 26. The summed E-state index contributed by atoms with van der Waals surface area (Å²) in [5.74, 6) is -0.0826. The van der Waals surface area contributed by atoms with Crippen molar-refractivity contribution >= 4 is 5.91 Å². The van der Waals surface area contributed by atoms with Gasteiger partial charge in [0.1, 0.15) is 0 Å². The standard InChI is InChI=1S/C36H73NO3/c1-3-5-6-7-8-9-10-11-12-13-14-15-16-17-18-19-20-21-22-23-24-25-26-27-28-29-30-32-35(39)34(33-38)37-36(40)31-4-2/h34-35,38-39H,3-33H2,1-2H3,(H,37,40). The van der Waals surface area contributed by atoms with E-state index in [4.69, 9.17) is 0 Å². The van der Waals surface area contributed by atoms with Crippen LogP contribution in [-0.4, -0.2) is 34.9 Å². The van der Waals surface area contributed by atoms with E-state index < -0.39 is 12.1 Å². The molecular formula is C36H73NO3. The minimum absolute atomic E-state index is 0.0826. The van der Waals surface area contributed by atoms with Gasteiger partial charge in [0.05, 0.1) is 18.8 Å². The fraction of sp³-hybridized carbons (Fsp3) is 0.972. The first kappa shape index (κ1) is 39.4. The van der Waals surface area contributed by atoms with Gasteiger partial charge in [-0.2, -0.15) is 0 Å². The number of aliphatic hydroxyl groups is 2. The molecule has 0 aliphatic rings. The summed E-state index contributed by atoms with van der Waals surface area (Å²) in [6, 6.07) is -0.525. The zero-order valence-corrected chi connectivity index (χ0v) is 27.4. The lowest BCUT2D eigenvalue weighted by Gasteiger charge is -2.22. The van der Waals surface area contributed by atoms with Crippen LogP contribution in [0.25, 0.3) is 0 Å². The van der Waals surface area contributed by atoms with Crippen LogP contribution in [0.2, 0.25) is 0 Å². The van der Waals surface area contributed by atoms with Crippen LogP contribution in [0.5, 0.6) is 0 Å². The zero-order chi connectivity index (χ0) is 29.4. The van der Waals surface area contributed by atoms with Gasteiger partial charge < -0.3 is 15.5 Å². The van der Waals surface area contributed by atoms with E-state index in [2.05, 4.69) is 12.2 Å². The molecule has 0 aliphatic heterocycles. The molecule has 3 N–H and O–H groups in total. The minimum Gasteiger partial charge on any atom is -0.394 e. The van der Waals surface area contributed by atoms with Gasteiger partial charge in [-0.25, -0.2) is 0 Å². The largest absolute Gasteiger partial charge is 0.394 e. The third-order valence-corrected chi connectivity index (χ3v) is 8.59. The third kappa shape index (κ3) is 28.9. The molecular weight excluding hydrogens is 494 g/mol. The number of amides is 1. The van der Waals surface area contributed by atoms with E-state index in [1.165, 1.54) is 161 Å². The predicted molar refractivity (Wildman–Crippen MR) is 175 cm³/mol. The summed E-state index contributed by atoms with van der Waals surface area (Å²) in [6.45, 7) is 4.05. The molecule has 0 bridgehead atoms. The summed E-state index contributed by atoms with van der Waals surface area (Å²) in [5, 5.41) is 22.4. The Morgan fingerprint density at radius 3 is 1.07 bits per heavy atom. The molecule has 4 heteroatoms. The molecule has 0 fully saturated rings. The van der Waals surface area contributed by atoms with Crippen LogP contribution in [0.15, 0.2) is 0 Å². The Bertz CT molecular complexity index is 498. The number of aliphatic hydroxyl groups excluding tert-OH is 2. The van der Waals surface area contributed by atoms with Crippen molar-refractivity contribution in [3.05, 3.63) is 0 Å². The Kier molecular flexibility index (Phi) is 32.4. The number of rotatable bonds is 33. The van der Waals surface area contributed by atoms with Crippen molar-refractivity contribution in [2.24, 2.45) is 0 Å². The third-order valence-electron chi connectivity index (χ3n) is 8.59. The molecule has 0 spiro atoms. The van der Waals surface area contributed by atoms with Gasteiger partial charge in [0.25, 0.3) is 0 Å². The summed E-state index contributed by atoms with van der Waals surface area (Å²) < 4.78 is 0. The fourth-order valence-corrected chi connectivity index (χ4v) is 5.82. The summed E-state index contributed by atoms with van der Waals surface area (Å²) in [4.78, 5) is 11.7. The summed E-state index contributed by atoms with van der Waals surface area (Å²) in [6.07, 6.45) is 38.8. The van der Waals surface area contributed by atoms with Crippen LogP contribution in [0.1, 0.15) is 206 Å². The Hall–Kier alpha value is -0.610. The molecule has 0 rings (SSSR count). The Morgan fingerprint density at radius 2 is 0.800 bits per heavy atom. The minimum atomic E-state index is -0.648. The fourth-order valence-electron chi connectivity index (χ4n) is 5.82. The Labute approximate surface area is 251 Å². The predicted octanol–water partition coefficient (Wildman–Crippen LogP) is 10.6. The van der Waals surface area contributed by atoms with E-state index in [1.54, 1.807) is 0 Å². The van der Waals surface area contributed by atoms with Gasteiger partial charge >= 0.3 is 0 Å². The monoisotopic (exact) mass is 568 g/mol. The number of nitrogens with one attached hydrogen (secondary N) is 1. The zero-order valence-electron chi connectivity index (χ0n) is 27.4. The van der Waals surface area contributed by atoms with Crippen LogP contribution in [-0.2, 0) is 4.79 Å². The highest BCUT2D eigenvalue weighted by Gasteiger charge is 2.19. The topological polar surface area (TPSA) is 69.6 Å². The van der Waals surface area contributed by atoms with Gasteiger partial charge in [-0.3, -0.25) is 4.79 Å². The highest BCUT2D eigenvalue weighted by molar-refractivity contribution is 5.76. The highest BCUT2D eigenvalue weighted by atomic mass is 16.3. The van der Waals surface area contributed by atoms with Crippen LogP contribution < -0.4 is 5.32 Å². The molecule has 0 saturated carbocycles. The molecule has 2 unspecified atom stereocenters. The molecule has 0 aliphatic carbocycles. The lowest BCUT2D eigenvalue weighted by Crippen LogP contribution is -2.45. The van der Waals surface area contributed by atoms with E-state index >= 15 is 0 Å². The first-order chi connectivity index (χ1) is 19.7. The molecule has 2 atom stereocenters. The lowest BCUT2D eigenvalue weighted by atomic mass is 10.0. The normalized spacial score (nSPS) is 13.0. The first-order valence-corrected chi connectivity index (χ1v) is 18.2. The number of hydrogen-bond donors (Lipinski definition) is 3. The van der Waals surface area contributed by atoms with Crippen molar-refractivity contribution < 1.29 is 15.0 Å². The summed E-state index contributed by atoms with van der Waals surface area (Å²) in [7, 11) is 0. The number of carbonyl (C=O) groups excluding carboxylic acids is 1. The van der Waals surface area contributed by atoms with Crippen LogP contribution in [0, 0.1) is 0 Å². The molecule has 0 saturated heterocycles. The van der Waals surface area contributed by atoms with Gasteiger partial charge in [-0.1, -0.05) is 187 Å². The maximum Gasteiger partial charge on any atom is 0.220 e. The maximum atomic E-state index is 11.7. The first-order valence-electron chi connectivity index (χ1n) is 18.2. The molecule has 40 heavy (non-hydrogen) atoms. The smallest absolute Gasteiger partial charge is 0.220 e. The lowest BCUT2D eigenvalue weighted by molar-refractivity contribution is -0.123. The summed E-state index contributed by atoms with van der Waals surface area (Å²) >= 11 is 0. The van der Waals surface area contributed by atoms with Crippen molar-refractivity contribution in [2.75, 3.05) is 6.61 Å². The van der Waals surface area contributed by atoms with E-state index in [0.717, 1.165) is 19.3 Å². The van der Waals surface area contributed by atoms with Gasteiger partial charge in [0, 0.05) is 6.42 Å². The maximum absolute atomic E-state index is 11.7. The Morgan fingerprint density at radius 1 is 0.500 bits per heavy atom. The molecule has 0 aromatic rings. The van der Waals surface area contributed by atoms with Crippen molar-refractivity contribution in [2.45, 2.75) is 219 Å². The molecule has 1 amide bonds. The number of carbonyl (C=O) groups is 1. The van der Waals surface area contributed by atoms with E-state index in [9.17, 15) is 15.0 Å². The van der Waals surface area contributed by atoms with E-state index in [0.29, 0.717) is 12.8 Å². The second-order valence-electron chi connectivity index (χ2n) is 12.7. The SMILES string of the molecule is CCCCCCCCCCCCCCCCCCCCCCCCCCCCCC(O)C(CO)NC(=O)CCC. The van der Waals surface area contributed by atoms with E-state index in [-0.39, 0.29) is 12.5 Å². The van der Waals surface area contributed by atoms with Crippen molar-refractivity contribution in [1.82, 2.24) is 5.32 Å². The number of hydrogen-bond acceptors (Lipinski definition) is 3. The van der Waals surface area contributed by atoms with Crippen molar-refractivity contribution in [3.63, 3.8) is 0 Å². The average Bonchev–Trinajstić information content (AvgIpc) is 2.95.